The first-order valence-electron chi connectivity index (χ1n) is 7.51. The van der Waals surface area contributed by atoms with E-state index < -0.39 is 9.84 Å². The van der Waals surface area contributed by atoms with Crippen molar-refractivity contribution >= 4 is 21.4 Å². The molecule has 1 aromatic carbocycles. The summed E-state index contributed by atoms with van der Waals surface area (Å²) in [5.74, 6) is 0.827. The van der Waals surface area contributed by atoms with Crippen LogP contribution >= 0.6 is 11.6 Å². The molecule has 0 radical (unpaired) electrons. The molecule has 0 spiro atoms. The van der Waals surface area contributed by atoms with E-state index in [0.717, 1.165) is 5.56 Å². The highest BCUT2D eigenvalue weighted by Crippen LogP contribution is 2.38. The van der Waals surface area contributed by atoms with Gasteiger partial charge in [0.15, 0.2) is 9.84 Å². The van der Waals surface area contributed by atoms with E-state index in [-0.39, 0.29) is 11.8 Å². The molecule has 2 aromatic heterocycles. The van der Waals surface area contributed by atoms with Crippen molar-refractivity contribution in [3.05, 3.63) is 53.3 Å². The van der Waals surface area contributed by atoms with E-state index in [2.05, 4.69) is 10.1 Å². The van der Waals surface area contributed by atoms with Crippen molar-refractivity contribution < 1.29 is 17.4 Å². The summed E-state index contributed by atoms with van der Waals surface area (Å²) in [7, 11) is -1.50. The number of nitrogens with zero attached hydrogens (tertiary/aromatic N) is 3. The SMILES string of the molecule is CN(Cc1nc(-c2ccoc2)no1)[C@H]1CS(=O)(=O)c2ccc(Cl)cc21. The second-order valence-electron chi connectivity index (χ2n) is 5.92. The molecular formula is C16H14ClN3O4S. The molecular weight excluding hydrogens is 366 g/mol. The van der Waals surface area contributed by atoms with Crippen LogP contribution in [0.2, 0.25) is 5.02 Å². The first-order valence-corrected chi connectivity index (χ1v) is 9.55. The molecule has 25 heavy (non-hydrogen) atoms. The minimum atomic E-state index is -3.32. The summed E-state index contributed by atoms with van der Waals surface area (Å²) in [5.41, 5.74) is 1.42. The highest BCUT2D eigenvalue weighted by atomic mass is 35.5. The number of hydrogen-bond donors (Lipinski definition) is 0. The molecule has 0 bridgehead atoms. The van der Waals surface area contributed by atoms with Crippen LogP contribution in [0.3, 0.4) is 0 Å². The highest BCUT2D eigenvalue weighted by molar-refractivity contribution is 7.91. The van der Waals surface area contributed by atoms with Crippen molar-refractivity contribution in [3.63, 3.8) is 0 Å². The Morgan fingerprint density at radius 3 is 2.96 bits per heavy atom. The van der Waals surface area contributed by atoms with Gasteiger partial charge < -0.3 is 8.94 Å². The Kier molecular flexibility index (Phi) is 3.90. The molecule has 1 aliphatic rings. The Balaban J connectivity index is 1.58. The molecule has 1 aliphatic heterocycles. The van der Waals surface area contributed by atoms with Gasteiger partial charge in [0, 0.05) is 5.02 Å². The predicted octanol–water partition coefficient (Wildman–Crippen LogP) is 2.94. The molecule has 4 rings (SSSR count). The van der Waals surface area contributed by atoms with E-state index in [1.54, 1.807) is 24.3 Å². The summed E-state index contributed by atoms with van der Waals surface area (Å²) in [4.78, 5) is 6.52. The zero-order valence-electron chi connectivity index (χ0n) is 13.2. The zero-order chi connectivity index (χ0) is 17.6. The largest absolute Gasteiger partial charge is 0.472 e. The Bertz CT molecular complexity index is 1010. The molecule has 3 heterocycles. The van der Waals surface area contributed by atoms with Gasteiger partial charge >= 0.3 is 0 Å². The third kappa shape index (κ3) is 2.97. The smallest absolute Gasteiger partial charge is 0.241 e. The molecule has 1 atom stereocenters. The topological polar surface area (TPSA) is 89.4 Å². The average molecular weight is 380 g/mol. The molecule has 0 amide bonds. The minimum Gasteiger partial charge on any atom is -0.472 e. The molecule has 0 unspecified atom stereocenters. The van der Waals surface area contributed by atoms with E-state index in [4.69, 9.17) is 20.5 Å². The molecule has 0 fully saturated rings. The van der Waals surface area contributed by atoms with E-state index in [1.807, 2.05) is 11.9 Å². The van der Waals surface area contributed by atoms with Crippen LogP contribution in [0, 0.1) is 0 Å². The number of hydrogen-bond acceptors (Lipinski definition) is 7. The van der Waals surface area contributed by atoms with Gasteiger partial charge in [-0.15, -0.1) is 0 Å². The lowest BCUT2D eigenvalue weighted by Gasteiger charge is -2.22. The van der Waals surface area contributed by atoms with Crippen LogP contribution in [0.1, 0.15) is 17.5 Å². The summed E-state index contributed by atoms with van der Waals surface area (Å²) in [5, 5.41) is 4.42. The highest BCUT2D eigenvalue weighted by Gasteiger charge is 2.37. The van der Waals surface area contributed by atoms with E-state index in [0.29, 0.717) is 33.7 Å². The first kappa shape index (κ1) is 16.3. The average Bonchev–Trinajstić information content (AvgIpc) is 3.26. The number of rotatable bonds is 4. The number of sulfone groups is 1. The second kappa shape index (κ2) is 5.98. The van der Waals surface area contributed by atoms with Crippen molar-refractivity contribution in [3.8, 4) is 11.4 Å². The zero-order valence-corrected chi connectivity index (χ0v) is 14.8. The summed E-state index contributed by atoms with van der Waals surface area (Å²) < 4.78 is 35.0. The van der Waals surface area contributed by atoms with E-state index in [9.17, 15) is 8.42 Å². The Morgan fingerprint density at radius 2 is 2.20 bits per heavy atom. The van der Waals surface area contributed by atoms with E-state index in [1.165, 1.54) is 12.5 Å². The van der Waals surface area contributed by atoms with Gasteiger partial charge in [0.1, 0.15) is 6.26 Å². The van der Waals surface area contributed by atoms with Crippen LogP contribution in [0.4, 0.5) is 0 Å². The van der Waals surface area contributed by atoms with Gasteiger partial charge in [-0.2, -0.15) is 4.98 Å². The van der Waals surface area contributed by atoms with Crippen molar-refractivity contribution in [2.24, 2.45) is 0 Å². The van der Waals surface area contributed by atoms with Crippen molar-refractivity contribution in [1.29, 1.82) is 0 Å². The second-order valence-corrected chi connectivity index (χ2v) is 8.36. The fraction of sp³-hybridized carbons (Fsp3) is 0.250. The van der Waals surface area contributed by atoms with Crippen LogP contribution in [-0.4, -0.2) is 36.3 Å². The number of aromatic nitrogens is 2. The number of benzene rings is 1. The van der Waals surface area contributed by atoms with Gasteiger partial charge in [-0.25, -0.2) is 8.42 Å². The van der Waals surface area contributed by atoms with Crippen molar-refractivity contribution in [1.82, 2.24) is 15.0 Å². The van der Waals surface area contributed by atoms with Crippen molar-refractivity contribution in [2.75, 3.05) is 12.8 Å². The maximum absolute atomic E-state index is 12.4. The van der Waals surface area contributed by atoms with Crippen LogP contribution in [0.25, 0.3) is 11.4 Å². The molecule has 7 nitrogen and oxygen atoms in total. The predicted molar refractivity (Wildman–Crippen MR) is 89.7 cm³/mol. The first-order chi connectivity index (χ1) is 11.9. The van der Waals surface area contributed by atoms with Gasteiger partial charge in [0.05, 0.1) is 35.1 Å². The Morgan fingerprint density at radius 1 is 1.36 bits per heavy atom. The molecule has 0 saturated carbocycles. The van der Waals surface area contributed by atoms with Gasteiger partial charge in [-0.1, -0.05) is 16.8 Å². The number of furan rings is 1. The molecule has 0 N–H and O–H groups in total. The lowest BCUT2D eigenvalue weighted by atomic mass is 10.1. The van der Waals surface area contributed by atoms with Crippen LogP contribution < -0.4 is 0 Å². The normalized spacial score (nSPS) is 18.6. The van der Waals surface area contributed by atoms with Gasteiger partial charge in [-0.05, 0) is 36.9 Å². The molecule has 0 aliphatic carbocycles. The Labute approximate surface area is 149 Å². The number of halogens is 1. The fourth-order valence-corrected chi connectivity index (χ4v) is 5.01. The minimum absolute atomic E-state index is 0.00189. The summed E-state index contributed by atoms with van der Waals surface area (Å²) in [6.07, 6.45) is 3.06. The lowest BCUT2D eigenvalue weighted by molar-refractivity contribution is 0.219. The van der Waals surface area contributed by atoms with Crippen LogP contribution in [0.5, 0.6) is 0 Å². The van der Waals surface area contributed by atoms with Crippen LogP contribution in [-0.2, 0) is 16.4 Å². The van der Waals surface area contributed by atoms with E-state index >= 15 is 0 Å². The fourth-order valence-electron chi connectivity index (χ4n) is 2.97. The van der Waals surface area contributed by atoms with Crippen LogP contribution in [0.15, 0.2) is 50.6 Å². The number of fused-ring (bicyclic) bond motifs is 1. The molecule has 9 heteroatoms. The summed E-state index contributed by atoms with van der Waals surface area (Å²) >= 11 is 6.04. The maximum atomic E-state index is 12.4. The van der Waals surface area contributed by atoms with Gasteiger partial charge in [-0.3, -0.25) is 4.90 Å². The van der Waals surface area contributed by atoms with Crippen molar-refractivity contribution in [2.45, 2.75) is 17.5 Å². The molecule has 0 saturated heterocycles. The maximum Gasteiger partial charge on any atom is 0.241 e. The van der Waals surface area contributed by atoms with Gasteiger partial charge in [0.25, 0.3) is 0 Å². The quantitative estimate of drug-likeness (QED) is 0.688. The standard InChI is InChI=1S/C16H14ClN3O4S/c1-20(7-15-18-16(19-24-15)10-4-5-23-8-10)13-9-25(21,22)14-3-2-11(17)6-12(13)14/h2-6,8,13H,7,9H2,1H3/t13-/m0/s1. The van der Waals surface area contributed by atoms with Gasteiger partial charge in [0.2, 0.25) is 11.7 Å². The monoisotopic (exact) mass is 379 g/mol. The summed E-state index contributed by atoms with van der Waals surface area (Å²) in [6.45, 7) is 0.316. The molecule has 130 valence electrons. The molecule has 3 aromatic rings. The lowest BCUT2D eigenvalue weighted by Crippen LogP contribution is -2.25. The Hall–Kier alpha value is -2.16. The summed E-state index contributed by atoms with van der Waals surface area (Å²) in [6, 6.07) is 6.27. The third-order valence-corrected chi connectivity index (χ3v) is 6.24. The third-order valence-electron chi connectivity index (χ3n) is 4.21.